The third kappa shape index (κ3) is 10.8. The molecule has 0 aromatic rings. The first-order valence-corrected chi connectivity index (χ1v) is 12.0. The Balaban J connectivity index is 2.69. The number of hydrogen-bond acceptors (Lipinski definition) is 2. The van der Waals surface area contributed by atoms with E-state index in [-0.39, 0.29) is 11.5 Å². The lowest BCUT2D eigenvalue weighted by atomic mass is 9.72. The van der Waals surface area contributed by atoms with Gasteiger partial charge in [0.15, 0.2) is 0 Å². The molecule has 0 aromatic heterocycles. The number of ether oxygens (including phenoxy) is 1. The highest BCUT2D eigenvalue weighted by Crippen LogP contribution is 2.40. The molecule has 2 heteroatoms. The molecule has 33 heavy (non-hydrogen) atoms. The molecule has 0 radical (unpaired) electrons. The number of allylic oxidation sites excluding steroid dienone is 14. The van der Waals surface area contributed by atoms with Crippen molar-refractivity contribution in [2.24, 2.45) is 5.41 Å². The van der Waals surface area contributed by atoms with E-state index in [1.54, 1.807) is 7.11 Å². The fourth-order valence-corrected chi connectivity index (χ4v) is 4.02. The zero-order valence-electron chi connectivity index (χ0n) is 22.1. The number of carbonyl (C=O) groups excluding carboxylic acids is 1. The zero-order chi connectivity index (χ0) is 24.9. The van der Waals surface area contributed by atoms with Gasteiger partial charge in [0, 0.05) is 7.11 Å². The highest BCUT2D eigenvalue weighted by Gasteiger charge is 2.26. The second-order valence-corrected chi connectivity index (χ2v) is 9.77. The summed E-state index contributed by atoms with van der Waals surface area (Å²) in [4.78, 5) is 10.7. The van der Waals surface area contributed by atoms with Crippen LogP contribution < -0.4 is 0 Å². The summed E-state index contributed by atoms with van der Waals surface area (Å²) in [5, 5.41) is 0. The van der Waals surface area contributed by atoms with Crippen molar-refractivity contribution in [3.05, 3.63) is 94.2 Å². The predicted molar refractivity (Wildman–Crippen MR) is 144 cm³/mol. The predicted octanol–water partition coefficient (Wildman–Crippen LogP) is 8.57. The SMILES string of the molecule is COC(C/C=C(\C)C=O)/C(C)=C/C=C/C=C(C)/C=C/C=C(C)/C=C/C1=C(C)CCCC1(C)C. The Morgan fingerprint density at radius 1 is 0.970 bits per heavy atom. The van der Waals surface area contributed by atoms with Crippen LogP contribution in [0.4, 0.5) is 0 Å². The molecule has 0 amide bonds. The van der Waals surface area contributed by atoms with E-state index < -0.39 is 0 Å². The lowest BCUT2D eigenvalue weighted by molar-refractivity contribution is -0.104. The molecule has 1 aliphatic rings. The average Bonchev–Trinajstić information content (AvgIpc) is 2.76. The van der Waals surface area contributed by atoms with E-state index in [4.69, 9.17) is 4.74 Å². The minimum Gasteiger partial charge on any atom is -0.377 e. The minimum atomic E-state index is -0.0191. The van der Waals surface area contributed by atoms with Crippen LogP contribution in [-0.2, 0) is 9.53 Å². The summed E-state index contributed by atoms with van der Waals surface area (Å²) in [6.45, 7) is 15.1. The molecule has 0 aliphatic heterocycles. The van der Waals surface area contributed by atoms with Crippen LogP contribution in [0.15, 0.2) is 94.2 Å². The van der Waals surface area contributed by atoms with Crippen molar-refractivity contribution in [1.29, 1.82) is 0 Å². The van der Waals surface area contributed by atoms with Crippen LogP contribution in [0, 0.1) is 5.41 Å². The molecular weight excluding hydrogens is 404 g/mol. The summed E-state index contributed by atoms with van der Waals surface area (Å²) in [5.41, 5.74) is 7.61. The van der Waals surface area contributed by atoms with Crippen molar-refractivity contribution in [2.75, 3.05) is 7.11 Å². The standard InChI is InChI=1S/C31H44O2/c1-24(13-9-10-16-28(5)30(33-8)21-19-26(3)23-32)14-11-15-25(2)18-20-29-27(4)17-12-22-31(29,6)7/h9-11,13-16,18-20,23,30H,12,17,21-22H2,1-8H3/b10-9+,14-11+,20-18+,24-13+,25-15+,26-19+,28-16+. The topological polar surface area (TPSA) is 26.3 Å². The quantitative estimate of drug-likeness (QED) is 0.180. The molecule has 0 spiro atoms. The van der Waals surface area contributed by atoms with E-state index in [9.17, 15) is 4.79 Å². The van der Waals surface area contributed by atoms with Gasteiger partial charge in [-0.1, -0.05) is 91.3 Å². The molecule has 2 nitrogen and oxygen atoms in total. The van der Waals surface area contributed by atoms with Gasteiger partial charge in [-0.05, 0) is 82.4 Å². The molecule has 0 fully saturated rings. The molecule has 0 saturated carbocycles. The fraction of sp³-hybridized carbons (Fsp3) is 0.452. The summed E-state index contributed by atoms with van der Waals surface area (Å²) in [6, 6.07) is 0. The number of aldehydes is 1. The van der Waals surface area contributed by atoms with E-state index in [0.29, 0.717) is 6.42 Å². The van der Waals surface area contributed by atoms with Crippen LogP contribution in [0.3, 0.4) is 0 Å². The minimum absolute atomic E-state index is 0.0191. The molecule has 0 aromatic carbocycles. The summed E-state index contributed by atoms with van der Waals surface area (Å²) in [5.74, 6) is 0. The molecule has 1 aliphatic carbocycles. The molecule has 0 N–H and O–H groups in total. The van der Waals surface area contributed by atoms with Gasteiger partial charge in [0.05, 0.1) is 6.10 Å². The first-order chi connectivity index (χ1) is 15.6. The molecule has 0 saturated heterocycles. The summed E-state index contributed by atoms with van der Waals surface area (Å²) in [7, 11) is 1.70. The van der Waals surface area contributed by atoms with Crippen molar-refractivity contribution in [3.8, 4) is 0 Å². The third-order valence-electron chi connectivity index (χ3n) is 6.24. The molecule has 0 heterocycles. The average molecular weight is 449 g/mol. The Bertz CT molecular complexity index is 895. The largest absolute Gasteiger partial charge is 0.377 e. The van der Waals surface area contributed by atoms with Crippen LogP contribution in [0.5, 0.6) is 0 Å². The van der Waals surface area contributed by atoms with Gasteiger partial charge in [-0.3, -0.25) is 4.79 Å². The molecule has 1 rings (SSSR count). The third-order valence-corrected chi connectivity index (χ3v) is 6.24. The number of methoxy groups -OCH3 is 1. The van der Waals surface area contributed by atoms with Gasteiger partial charge in [0.25, 0.3) is 0 Å². The second kappa shape index (κ2) is 14.6. The number of carbonyl (C=O) groups is 1. The Labute approximate surface area is 202 Å². The fourth-order valence-electron chi connectivity index (χ4n) is 4.02. The summed E-state index contributed by atoms with van der Waals surface area (Å²) >= 11 is 0. The normalized spacial score (nSPS) is 19.9. The van der Waals surface area contributed by atoms with Crippen molar-refractivity contribution >= 4 is 6.29 Å². The van der Waals surface area contributed by atoms with Crippen LogP contribution >= 0.6 is 0 Å². The molecule has 180 valence electrons. The first-order valence-electron chi connectivity index (χ1n) is 12.0. The van der Waals surface area contributed by atoms with Crippen molar-refractivity contribution in [1.82, 2.24) is 0 Å². The zero-order valence-corrected chi connectivity index (χ0v) is 22.1. The van der Waals surface area contributed by atoms with E-state index in [1.165, 1.54) is 41.6 Å². The van der Waals surface area contributed by atoms with Crippen molar-refractivity contribution < 1.29 is 9.53 Å². The lowest BCUT2D eigenvalue weighted by Crippen LogP contribution is -2.19. The van der Waals surface area contributed by atoms with Crippen molar-refractivity contribution in [3.63, 3.8) is 0 Å². The summed E-state index contributed by atoms with van der Waals surface area (Å²) in [6.07, 6.45) is 26.4. The second-order valence-electron chi connectivity index (χ2n) is 9.77. The van der Waals surface area contributed by atoms with Gasteiger partial charge in [0.2, 0.25) is 0 Å². The van der Waals surface area contributed by atoms with E-state index in [2.05, 4.69) is 77.2 Å². The van der Waals surface area contributed by atoms with Gasteiger partial charge in [0.1, 0.15) is 6.29 Å². The van der Waals surface area contributed by atoms with Gasteiger partial charge in [-0.15, -0.1) is 0 Å². The number of hydrogen-bond donors (Lipinski definition) is 0. The smallest absolute Gasteiger partial charge is 0.145 e. The van der Waals surface area contributed by atoms with E-state index in [1.807, 2.05) is 32.1 Å². The van der Waals surface area contributed by atoms with Crippen LogP contribution in [0.25, 0.3) is 0 Å². The van der Waals surface area contributed by atoms with E-state index >= 15 is 0 Å². The Hall–Kier alpha value is -2.45. The molecule has 1 atom stereocenters. The molecule has 0 bridgehead atoms. The maximum Gasteiger partial charge on any atom is 0.145 e. The highest BCUT2D eigenvalue weighted by molar-refractivity contribution is 5.71. The van der Waals surface area contributed by atoms with Crippen LogP contribution in [0.2, 0.25) is 0 Å². The molecular formula is C31H44O2. The van der Waals surface area contributed by atoms with Crippen molar-refractivity contribution in [2.45, 2.75) is 80.3 Å². The Morgan fingerprint density at radius 3 is 2.24 bits per heavy atom. The summed E-state index contributed by atoms with van der Waals surface area (Å²) < 4.78 is 5.53. The van der Waals surface area contributed by atoms with Gasteiger partial charge in [-0.2, -0.15) is 0 Å². The maximum atomic E-state index is 10.7. The Kier molecular flexibility index (Phi) is 12.7. The van der Waals surface area contributed by atoms with Gasteiger partial charge < -0.3 is 4.74 Å². The van der Waals surface area contributed by atoms with E-state index in [0.717, 1.165) is 17.4 Å². The number of rotatable bonds is 11. The maximum absolute atomic E-state index is 10.7. The van der Waals surface area contributed by atoms with Gasteiger partial charge >= 0.3 is 0 Å². The lowest BCUT2D eigenvalue weighted by Gasteiger charge is -2.32. The van der Waals surface area contributed by atoms with Crippen LogP contribution in [0.1, 0.15) is 74.1 Å². The highest BCUT2D eigenvalue weighted by atomic mass is 16.5. The van der Waals surface area contributed by atoms with Gasteiger partial charge in [-0.25, -0.2) is 0 Å². The monoisotopic (exact) mass is 448 g/mol. The van der Waals surface area contributed by atoms with Crippen LogP contribution in [-0.4, -0.2) is 19.5 Å². The first kappa shape index (κ1) is 28.6. The Morgan fingerprint density at radius 2 is 1.61 bits per heavy atom. The molecule has 1 unspecified atom stereocenters.